The van der Waals surface area contributed by atoms with E-state index in [4.69, 9.17) is 0 Å². The van der Waals surface area contributed by atoms with Crippen LogP contribution in [-0.4, -0.2) is 36.4 Å². The summed E-state index contributed by atoms with van der Waals surface area (Å²) in [5.41, 5.74) is 1.79. The van der Waals surface area contributed by atoms with Crippen LogP contribution in [0.1, 0.15) is 30.4 Å². The normalized spacial score (nSPS) is 17.9. The molecule has 0 amide bonds. The second-order valence-electron chi connectivity index (χ2n) is 6.34. The van der Waals surface area contributed by atoms with Crippen molar-refractivity contribution in [2.75, 3.05) is 6.54 Å². The minimum absolute atomic E-state index is 0.172. The fourth-order valence-corrected chi connectivity index (χ4v) is 3.41. The Morgan fingerprint density at radius 1 is 1.16 bits per heavy atom. The van der Waals surface area contributed by atoms with Gasteiger partial charge in [-0.25, -0.2) is 5.10 Å². The van der Waals surface area contributed by atoms with Crippen LogP contribution in [0.15, 0.2) is 47.3 Å². The van der Waals surface area contributed by atoms with Gasteiger partial charge in [0.15, 0.2) is 5.82 Å². The zero-order chi connectivity index (χ0) is 17.2. The summed E-state index contributed by atoms with van der Waals surface area (Å²) in [6, 6.07) is 13.6. The van der Waals surface area contributed by atoms with Crippen molar-refractivity contribution in [2.45, 2.75) is 25.4 Å². The summed E-state index contributed by atoms with van der Waals surface area (Å²) in [5.74, 6) is 1.80. The number of likely N-dealkylation sites (tertiary alicyclic amines) is 1. The van der Waals surface area contributed by atoms with Gasteiger partial charge in [-0.3, -0.25) is 9.69 Å². The summed E-state index contributed by atoms with van der Waals surface area (Å²) in [5, 5.41) is 15.5. The van der Waals surface area contributed by atoms with Crippen LogP contribution >= 0.6 is 0 Å². The largest absolute Gasteiger partial charge is 0.313 e. The number of benzene rings is 1. The molecule has 0 radical (unpaired) electrons. The van der Waals surface area contributed by atoms with Crippen LogP contribution in [-0.2, 0) is 13.6 Å². The van der Waals surface area contributed by atoms with Crippen LogP contribution in [0.3, 0.4) is 0 Å². The molecule has 7 heteroatoms. The molecule has 1 fully saturated rings. The molecule has 1 atom stereocenters. The number of nitrogens with one attached hydrogen (secondary N) is 1. The maximum atomic E-state index is 11.2. The van der Waals surface area contributed by atoms with Gasteiger partial charge in [-0.15, -0.1) is 10.2 Å². The second kappa shape index (κ2) is 6.60. The summed E-state index contributed by atoms with van der Waals surface area (Å²) in [7, 11) is 2.00. The summed E-state index contributed by atoms with van der Waals surface area (Å²) >= 11 is 0. The highest BCUT2D eigenvalue weighted by Crippen LogP contribution is 2.31. The molecule has 0 spiro atoms. The Morgan fingerprint density at radius 2 is 2.00 bits per heavy atom. The topological polar surface area (TPSA) is 79.7 Å². The Hall–Kier alpha value is -2.80. The van der Waals surface area contributed by atoms with Gasteiger partial charge in [0.05, 0.1) is 18.3 Å². The fourth-order valence-electron chi connectivity index (χ4n) is 3.41. The van der Waals surface area contributed by atoms with E-state index in [0.717, 1.165) is 42.3 Å². The smallest absolute Gasteiger partial charge is 0.264 e. The van der Waals surface area contributed by atoms with Gasteiger partial charge in [0.2, 0.25) is 0 Å². The lowest BCUT2D eigenvalue weighted by Gasteiger charge is -2.23. The molecule has 3 heterocycles. The first-order chi connectivity index (χ1) is 12.2. The van der Waals surface area contributed by atoms with Gasteiger partial charge in [0.25, 0.3) is 5.56 Å². The first-order valence-electron chi connectivity index (χ1n) is 8.46. The van der Waals surface area contributed by atoms with Crippen molar-refractivity contribution in [1.82, 2.24) is 29.9 Å². The van der Waals surface area contributed by atoms with E-state index < -0.39 is 0 Å². The average molecular weight is 336 g/mol. The third kappa shape index (κ3) is 3.10. The number of hydrogen-bond donors (Lipinski definition) is 1. The van der Waals surface area contributed by atoms with Gasteiger partial charge in [0.1, 0.15) is 5.82 Å². The van der Waals surface area contributed by atoms with Crippen LogP contribution < -0.4 is 5.56 Å². The number of rotatable bonds is 4. The van der Waals surface area contributed by atoms with E-state index in [2.05, 4.69) is 25.3 Å². The Balaban J connectivity index is 1.56. The third-order valence-electron chi connectivity index (χ3n) is 4.75. The number of aromatic nitrogens is 5. The molecule has 7 nitrogen and oxygen atoms in total. The molecular formula is C18H20N6O. The Labute approximate surface area is 145 Å². The van der Waals surface area contributed by atoms with E-state index in [1.165, 1.54) is 6.07 Å². The molecule has 1 aromatic carbocycles. The summed E-state index contributed by atoms with van der Waals surface area (Å²) in [6.45, 7) is 1.70. The van der Waals surface area contributed by atoms with Gasteiger partial charge >= 0.3 is 0 Å². The van der Waals surface area contributed by atoms with Crippen molar-refractivity contribution in [1.29, 1.82) is 0 Å². The lowest BCUT2D eigenvalue weighted by Crippen LogP contribution is -2.26. The minimum atomic E-state index is -0.172. The molecule has 1 N–H and O–H groups in total. The molecule has 128 valence electrons. The van der Waals surface area contributed by atoms with Gasteiger partial charge in [-0.2, -0.15) is 5.10 Å². The summed E-state index contributed by atoms with van der Waals surface area (Å²) in [4.78, 5) is 13.6. The highest BCUT2D eigenvalue weighted by molar-refractivity contribution is 5.54. The molecule has 0 bridgehead atoms. The molecule has 3 aromatic rings. The monoisotopic (exact) mass is 336 g/mol. The molecule has 25 heavy (non-hydrogen) atoms. The summed E-state index contributed by atoms with van der Waals surface area (Å²) < 4.78 is 2.05. The first-order valence-corrected chi connectivity index (χ1v) is 8.46. The van der Waals surface area contributed by atoms with Crippen molar-refractivity contribution in [3.05, 3.63) is 64.3 Å². The zero-order valence-electron chi connectivity index (χ0n) is 14.1. The van der Waals surface area contributed by atoms with Gasteiger partial charge in [0, 0.05) is 18.7 Å². The fraction of sp³-hybridized carbons (Fsp3) is 0.333. The predicted octanol–water partition coefficient (Wildman–Crippen LogP) is 1.90. The molecule has 2 aromatic heterocycles. The van der Waals surface area contributed by atoms with Crippen LogP contribution in [0, 0.1) is 0 Å². The quantitative estimate of drug-likeness (QED) is 0.787. The first kappa shape index (κ1) is 15.7. The van der Waals surface area contributed by atoms with Crippen LogP contribution in [0.25, 0.3) is 11.4 Å². The van der Waals surface area contributed by atoms with E-state index in [1.807, 2.05) is 48.0 Å². The van der Waals surface area contributed by atoms with Crippen LogP contribution in [0.2, 0.25) is 0 Å². The van der Waals surface area contributed by atoms with Crippen LogP contribution in [0.5, 0.6) is 0 Å². The number of aromatic amines is 1. The Bertz CT molecular complexity index is 896. The van der Waals surface area contributed by atoms with Crippen LogP contribution in [0.4, 0.5) is 0 Å². The average Bonchev–Trinajstić information content (AvgIpc) is 3.24. The van der Waals surface area contributed by atoms with E-state index >= 15 is 0 Å². The van der Waals surface area contributed by atoms with Crippen molar-refractivity contribution in [3.63, 3.8) is 0 Å². The van der Waals surface area contributed by atoms with Gasteiger partial charge in [-0.05, 0) is 25.5 Å². The molecule has 4 rings (SSSR count). The maximum absolute atomic E-state index is 11.2. The molecule has 1 saturated heterocycles. The van der Waals surface area contributed by atoms with E-state index in [9.17, 15) is 4.79 Å². The Kier molecular flexibility index (Phi) is 4.15. The number of H-pyrrole nitrogens is 1. The second-order valence-corrected chi connectivity index (χ2v) is 6.34. The highest BCUT2D eigenvalue weighted by Gasteiger charge is 2.28. The molecule has 0 aliphatic carbocycles. The predicted molar refractivity (Wildman–Crippen MR) is 93.7 cm³/mol. The van der Waals surface area contributed by atoms with Gasteiger partial charge < -0.3 is 4.57 Å². The molecule has 1 unspecified atom stereocenters. The third-order valence-corrected chi connectivity index (χ3v) is 4.75. The van der Waals surface area contributed by atoms with Crippen molar-refractivity contribution in [2.24, 2.45) is 7.05 Å². The van der Waals surface area contributed by atoms with E-state index in [1.54, 1.807) is 0 Å². The lowest BCUT2D eigenvalue weighted by molar-refractivity contribution is 0.234. The van der Waals surface area contributed by atoms with Crippen molar-refractivity contribution >= 4 is 0 Å². The highest BCUT2D eigenvalue weighted by atomic mass is 16.1. The standard InChI is InChI=1S/C18H20N6O/c1-23-16(20-22-18(23)13-6-3-2-4-7-13)12-24-11-5-8-15(24)14-9-10-17(25)21-19-14/h2-4,6-7,9-10,15H,5,8,11-12H2,1H3,(H,21,25). The lowest BCUT2D eigenvalue weighted by atomic mass is 10.1. The molecule has 0 saturated carbocycles. The number of nitrogens with zero attached hydrogens (tertiary/aromatic N) is 5. The van der Waals surface area contributed by atoms with Crippen molar-refractivity contribution < 1.29 is 0 Å². The zero-order valence-corrected chi connectivity index (χ0v) is 14.1. The van der Waals surface area contributed by atoms with E-state index in [-0.39, 0.29) is 11.6 Å². The molecular weight excluding hydrogens is 316 g/mol. The Morgan fingerprint density at radius 3 is 2.76 bits per heavy atom. The maximum Gasteiger partial charge on any atom is 0.264 e. The molecule has 1 aliphatic rings. The van der Waals surface area contributed by atoms with Crippen molar-refractivity contribution in [3.8, 4) is 11.4 Å². The number of hydrogen-bond acceptors (Lipinski definition) is 5. The summed E-state index contributed by atoms with van der Waals surface area (Å²) in [6.07, 6.45) is 2.14. The van der Waals surface area contributed by atoms with Gasteiger partial charge in [-0.1, -0.05) is 30.3 Å². The van der Waals surface area contributed by atoms with E-state index in [0.29, 0.717) is 6.54 Å². The minimum Gasteiger partial charge on any atom is -0.313 e. The SMILES string of the molecule is Cn1c(CN2CCCC2c2ccc(=O)[nH]n2)nnc1-c1ccccc1. The molecule has 1 aliphatic heterocycles.